The van der Waals surface area contributed by atoms with Crippen LogP contribution in [0.15, 0.2) is 15.8 Å². The molecule has 0 bridgehead atoms. The molecule has 8 nitrogen and oxygen atoms in total. The van der Waals surface area contributed by atoms with E-state index in [2.05, 4.69) is 0 Å². The van der Waals surface area contributed by atoms with Crippen LogP contribution in [-0.2, 0) is 4.74 Å². The Hall–Kier alpha value is -1.55. The van der Waals surface area contributed by atoms with Gasteiger partial charge in [-0.15, -0.1) is 0 Å². The Morgan fingerprint density at radius 2 is 2.00 bits per heavy atom. The molecule has 4 N–H and O–H groups in total. The molecule has 0 amide bonds. The molecule has 0 aromatic carbocycles. The summed E-state index contributed by atoms with van der Waals surface area (Å²) in [7, 11) is 0. The van der Waals surface area contributed by atoms with E-state index in [0.717, 1.165) is 0 Å². The van der Waals surface area contributed by atoms with E-state index in [4.69, 9.17) is 4.74 Å². The van der Waals surface area contributed by atoms with Crippen LogP contribution in [0.3, 0.4) is 0 Å². The predicted octanol–water partition coefficient (Wildman–Crippen LogP) is -2.71. The van der Waals surface area contributed by atoms with Gasteiger partial charge in [0.05, 0.1) is 12.8 Å². The largest absolute Gasteiger partial charge is 0.388 e. The fourth-order valence-corrected chi connectivity index (χ4v) is 1.69. The molecular formula is C9H11FN2O6. The lowest BCUT2D eigenvalue weighted by Gasteiger charge is -2.35. The van der Waals surface area contributed by atoms with E-state index in [9.17, 15) is 29.3 Å². The maximum Gasteiger partial charge on any atom is 0.330 e. The number of hydrogen-bond acceptors (Lipinski definition) is 6. The third-order valence-corrected chi connectivity index (χ3v) is 2.67. The van der Waals surface area contributed by atoms with Crippen molar-refractivity contribution >= 4 is 0 Å². The number of aromatic nitrogens is 2. The van der Waals surface area contributed by atoms with Gasteiger partial charge in [-0.2, -0.15) is 4.39 Å². The van der Waals surface area contributed by atoms with Gasteiger partial charge < -0.3 is 20.1 Å². The van der Waals surface area contributed by atoms with Crippen LogP contribution < -0.4 is 11.2 Å². The summed E-state index contributed by atoms with van der Waals surface area (Å²) in [5, 5.41) is 28.3. The predicted molar refractivity (Wildman–Crippen MR) is 54.3 cm³/mol. The lowest BCUT2D eigenvalue weighted by molar-refractivity contribution is -0.212. The molecule has 0 aliphatic carbocycles. The van der Waals surface area contributed by atoms with Gasteiger partial charge in [-0.1, -0.05) is 0 Å². The minimum atomic E-state index is -1.63. The highest BCUT2D eigenvalue weighted by Gasteiger charge is 2.39. The van der Waals surface area contributed by atoms with Crippen LogP contribution in [0, 0.1) is 5.82 Å². The number of aliphatic hydroxyl groups excluding tert-OH is 3. The average Bonchev–Trinajstić information content (AvgIpc) is 2.32. The molecular weight excluding hydrogens is 251 g/mol. The number of nitrogens with one attached hydrogen (secondary N) is 1. The van der Waals surface area contributed by atoms with Gasteiger partial charge in [0.1, 0.15) is 18.3 Å². The first-order valence-electron chi connectivity index (χ1n) is 5.08. The first-order chi connectivity index (χ1) is 8.41. The van der Waals surface area contributed by atoms with Crippen LogP contribution in [-0.4, -0.2) is 49.8 Å². The molecule has 1 aromatic heterocycles. The van der Waals surface area contributed by atoms with E-state index in [0.29, 0.717) is 10.8 Å². The molecule has 100 valence electrons. The van der Waals surface area contributed by atoms with Gasteiger partial charge >= 0.3 is 5.69 Å². The normalized spacial score (nSPS) is 32.4. The molecule has 1 aliphatic heterocycles. The van der Waals surface area contributed by atoms with E-state index in [1.54, 1.807) is 4.98 Å². The van der Waals surface area contributed by atoms with Crippen molar-refractivity contribution in [3.8, 4) is 0 Å². The third kappa shape index (κ3) is 2.08. The summed E-state index contributed by atoms with van der Waals surface area (Å²) < 4.78 is 18.6. The van der Waals surface area contributed by atoms with E-state index < -0.39 is 41.6 Å². The van der Waals surface area contributed by atoms with Crippen molar-refractivity contribution in [1.82, 2.24) is 9.55 Å². The maximum absolute atomic E-state index is 13.1. The van der Waals surface area contributed by atoms with Crippen LogP contribution >= 0.6 is 0 Å². The van der Waals surface area contributed by atoms with Crippen molar-refractivity contribution in [2.24, 2.45) is 0 Å². The number of halogens is 1. The molecule has 2 rings (SSSR count). The van der Waals surface area contributed by atoms with Crippen LogP contribution in [0.25, 0.3) is 0 Å². The Morgan fingerprint density at radius 1 is 1.33 bits per heavy atom. The number of aromatic amines is 1. The van der Waals surface area contributed by atoms with Crippen LogP contribution in [0.2, 0.25) is 0 Å². The minimum absolute atomic E-state index is 0.337. The number of hydrogen-bond donors (Lipinski definition) is 4. The molecule has 0 unspecified atom stereocenters. The van der Waals surface area contributed by atoms with Crippen molar-refractivity contribution in [3.05, 3.63) is 32.9 Å². The molecule has 4 atom stereocenters. The van der Waals surface area contributed by atoms with Crippen molar-refractivity contribution in [2.75, 3.05) is 6.61 Å². The Bertz CT molecular complexity index is 555. The van der Waals surface area contributed by atoms with Gasteiger partial charge in [0.2, 0.25) is 5.82 Å². The Balaban J connectivity index is 2.41. The molecule has 9 heteroatoms. The smallest absolute Gasteiger partial charge is 0.330 e. The monoisotopic (exact) mass is 262 g/mol. The standard InChI is InChI=1S/C9H11FN2O6/c10-3-1-12(9(17)11-7(3)16)8-6(15)5(14)4(13)2-18-8/h1,4-6,8,13-15H,2H2,(H,11,16,17)/t4-,5-,6+,8+/m0/s1. The minimum Gasteiger partial charge on any atom is -0.388 e. The summed E-state index contributed by atoms with van der Waals surface area (Å²) in [5.41, 5.74) is -2.18. The van der Waals surface area contributed by atoms with Crippen molar-refractivity contribution in [2.45, 2.75) is 24.5 Å². The summed E-state index contributed by atoms with van der Waals surface area (Å²) in [6, 6.07) is 0. The Morgan fingerprint density at radius 3 is 2.67 bits per heavy atom. The van der Waals surface area contributed by atoms with E-state index >= 15 is 0 Å². The molecule has 2 heterocycles. The highest BCUT2D eigenvalue weighted by molar-refractivity contribution is 4.92. The van der Waals surface area contributed by atoms with Gasteiger partial charge in [-0.05, 0) is 0 Å². The molecule has 1 aromatic rings. The summed E-state index contributed by atoms with van der Waals surface area (Å²) in [6.07, 6.45) is -5.29. The maximum atomic E-state index is 13.1. The zero-order valence-corrected chi connectivity index (χ0v) is 8.99. The Labute approximate surface area is 98.9 Å². The first-order valence-corrected chi connectivity index (χ1v) is 5.08. The average molecular weight is 262 g/mol. The number of ether oxygens (including phenoxy) is 1. The SMILES string of the molecule is O=c1[nH]c(=O)n([C@@H]2OC[C@H](O)[C@H](O)[C@H]2O)cc1F. The quantitative estimate of drug-likeness (QED) is 0.436. The summed E-state index contributed by atoms with van der Waals surface area (Å²) in [4.78, 5) is 24.0. The molecule has 0 radical (unpaired) electrons. The summed E-state index contributed by atoms with van der Waals surface area (Å²) in [5.74, 6) is -1.23. The third-order valence-electron chi connectivity index (χ3n) is 2.67. The summed E-state index contributed by atoms with van der Waals surface area (Å²) in [6.45, 7) is -0.337. The van der Waals surface area contributed by atoms with Crippen molar-refractivity contribution in [3.63, 3.8) is 0 Å². The van der Waals surface area contributed by atoms with Gasteiger partial charge in [0, 0.05) is 0 Å². The fourth-order valence-electron chi connectivity index (χ4n) is 1.69. The van der Waals surface area contributed by atoms with Crippen molar-refractivity contribution in [1.29, 1.82) is 0 Å². The van der Waals surface area contributed by atoms with E-state index in [1.807, 2.05) is 0 Å². The van der Waals surface area contributed by atoms with E-state index in [1.165, 1.54) is 0 Å². The number of H-pyrrole nitrogens is 1. The second kappa shape index (κ2) is 4.61. The number of aliphatic hydroxyl groups is 3. The van der Waals surface area contributed by atoms with Crippen LogP contribution in [0.4, 0.5) is 4.39 Å². The summed E-state index contributed by atoms with van der Waals surface area (Å²) >= 11 is 0. The van der Waals surface area contributed by atoms with Gasteiger partial charge in [0.25, 0.3) is 5.56 Å². The zero-order valence-electron chi connectivity index (χ0n) is 8.99. The highest BCUT2D eigenvalue weighted by Crippen LogP contribution is 2.22. The molecule has 1 saturated heterocycles. The zero-order chi connectivity index (χ0) is 13.4. The second-order valence-corrected chi connectivity index (χ2v) is 3.92. The molecule has 0 saturated carbocycles. The Kier molecular flexibility index (Phi) is 3.30. The fraction of sp³-hybridized carbons (Fsp3) is 0.556. The van der Waals surface area contributed by atoms with Crippen molar-refractivity contribution < 1.29 is 24.4 Å². The van der Waals surface area contributed by atoms with E-state index in [-0.39, 0.29) is 6.61 Å². The van der Waals surface area contributed by atoms with Crippen LogP contribution in [0.5, 0.6) is 0 Å². The molecule has 18 heavy (non-hydrogen) atoms. The number of nitrogens with zero attached hydrogens (tertiary/aromatic N) is 1. The first kappa shape index (κ1) is 12.9. The van der Waals surface area contributed by atoms with Gasteiger partial charge in [-0.3, -0.25) is 14.3 Å². The topological polar surface area (TPSA) is 125 Å². The molecule has 1 aliphatic rings. The van der Waals surface area contributed by atoms with Gasteiger partial charge in [0.15, 0.2) is 6.23 Å². The molecule has 1 fully saturated rings. The highest BCUT2D eigenvalue weighted by atomic mass is 19.1. The molecule has 0 spiro atoms. The lowest BCUT2D eigenvalue weighted by atomic mass is 10.0. The lowest BCUT2D eigenvalue weighted by Crippen LogP contribution is -2.53. The van der Waals surface area contributed by atoms with Crippen LogP contribution in [0.1, 0.15) is 6.23 Å². The number of rotatable bonds is 1. The second-order valence-electron chi connectivity index (χ2n) is 3.92. The van der Waals surface area contributed by atoms with Gasteiger partial charge in [-0.25, -0.2) is 4.79 Å².